The summed E-state index contributed by atoms with van der Waals surface area (Å²) in [5.41, 5.74) is 6.29. The van der Waals surface area contributed by atoms with Crippen LogP contribution in [-0.4, -0.2) is 9.78 Å². The highest BCUT2D eigenvalue weighted by molar-refractivity contribution is 9.10. The summed E-state index contributed by atoms with van der Waals surface area (Å²) < 4.78 is 3.07. The summed E-state index contributed by atoms with van der Waals surface area (Å²) in [5, 5.41) is 4.57. The second-order valence-corrected chi connectivity index (χ2v) is 6.17. The van der Waals surface area contributed by atoms with Crippen molar-refractivity contribution in [3.8, 4) is 0 Å². The van der Waals surface area contributed by atoms with E-state index in [1.54, 1.807) is 0 Å². The van der Waals surface area contributed by atoms with Gasteiger partial charge in [0.2, 0.25) is 0 Å². The molecule has 1 atom stereocenters. The first-order valence-corrected chi connectivity index (χ1v) is 7.56. The van der Waals surface area contributed by atoms with E-state index in [-0.39, 0.29) is 6.04 Å². The minimum atomic E-state index is 0.0578. The van der Waals surface area contributed by atoms with Gasteiger partial charge in [0.1, 0.15) is 0 Å². The predicted octanol–water partition coefficient (Wildman–Crippen LogP) is 3.28. The van der Waals surface area contributed by atoms with Gasteiger partial charge in [-0.05, 0) is 44.0 Å². The Kier molecular flexibility index (Phi) is 4.96. The zero-order chi connectivity index (χ0) is 14.7. The van der Waals surface area contributed by atoms with Gasteiger partial charge < -0.3 is 0 Å². The quantitative estimate of drug-likeness (QED) is 0.650. The van der Waals surface area contributed by atoms with Gasteiger partial charge in [0.25, 0.3) is 0 Å². The van der Waals surface area contributed by atoms with Gasteiger partial charge in [-0.25, -0.2) is 0 Å². The van der Waals surface area contributed by atoms with Crippen molar-refractivity contribution in [2.75, 3.05) is 0 Å². The lowest BCUT2D eigenvalue weighted by molar-refractivity contribution is 0.507. The number of hydrazine groups is 1. The van der Waals surface area contributed by atoms with Crippen LogP contribution in [0.5, 0.6) is 0 Å². The molecule has 0 aliphatic rings. The molecule has 2 rings (SSSR count). The van der Waals surface area contributed by atoms with Crippen molar-refractivity contribution in [2.45, 2.75) is 39.3 Å². The largest absolute Gasteiger partial charge is 0.271 e. The second-order valence-electron chi connectivity index (χ2n) is 5.31. The Labute approximate surface area is 128 Å². The number of benzene rings is 1. The van der Waals surface area contributed by atoms with Gasteiger partial charge in [-0.15, -0.1) is 0 Å². The molecule has 1 unspecified atom stereocenters. The molecule has 0 saturated carbocycles. The van der Waals surface area contributed by atoms with Crippen molar-refractivity contribution in [3.63, 3.8) is 0 Å². The van der Waals surface area contributed by atoms with Crippen LogP contribution < -0.4 is 11.3 Å². The lowest BCUT2D eigenvalue weighted by Gasteiger charge is -2.16. The van der Waals surface area contributed by atoms with Crippen LogP contribution in [0.1, 0.15) is 42.8 Å². The number of hydrogen-bond donors (Lipinski definition) is 2. The molecular weight excluding hydrogens is 316 g/mol. The van der Waals surface area contributed by atoms with Crippen LogP contribution in [0.15, 0.2) is 34.9 Å². The lowest BCUT2D eigenvalue weighted by atomic mass is 10.0. The van der Waals surface area contributed by atoms with Crippen LogP contribution in [0.3, 0.4) is 0 Å². The summed E-state index contributed by atoms with van der Waals surface area (Å²) in [5.74, 6) is 5.71. The van der Waals surface area contributed by atoms with Crippen LogP contribution >= 0.6 is 15.9 Å². The molecule has 20 heavy (non-hydrogen) atoms. The molecule has 108 valence electrons. The fourth-order valence-electron chi connectivity index (χ4n) is 2.08. The van der Waals surface area contributed by atoms with Crippen LogP contribution in [0, 0.1) is 6.92 Å². The maximum atomic E-state index is 5.71. The van der Waals surface area contributed by atoms with Crippen molar-refractivity contribution >= 4 is 15.9 Å². The number of hydrogen-bond acceptors (Lipinski definition) is 3. The Morgan fingerprint density at radius 3 is 2.65 bits per heavy atom. The molecule has 1 aromatic carbocycles. The first-order chi connectivity index (χ1) is 9.51. The van der Waals surface area contributed by atoms with Gasteiger partial charge in [-0.2, -0.15) is 5.10 Å². The molecule has 1 aromatic heterocycles. The van der Waals surface area contributed by atoms with Gasteiger partial charge in [-0.1, -0.05) is 28.1 Å². The van der Waals surface area contributed by atoms with Gasteiger partial charge in [0.05, 0.1) is 11.7 Å². The van der Waals surface area contributed by atoms with Crippen molar-refractivity contribution in [1.82, 2.24) is 15.2 Å². The van der Waals surface area contributed by atoms with Crippen LogP contribution in [0.2, 0.25) is 0 Å². The number of aromatic nitrogens is 2. The number of rotatable bonds is 5. The molecule has 5 heteroatoms. The van der Waals surface area contributed by atoms with E-state index in [4.69, 9.17) is 5.84 Å². The monoisotopic (exact) mass is 336 g/mol. The molecular formula is C15H21BrN4. The van der Waals surface area contributed by atoms with E-state index in [1.807, 2.05) is 16.9 Å². The van der Waals surface area contributed by atoms with E-state index in [1.165, 1.54) is 5.56 Å². The van der Waals surface area contributed by atoms with E-state index in [0.717, 1.165) is 22.2 Å². The van der Waals surface area contributed by atoms with Crippen LogP contribution in [0.25, 0.3) is 0 Å². The topological polar surface area (TPSA) is 55.9 Å². The van der Waals surface area contributed by atoms with E-state index in [0.29, 0.717) is 6.04 Å². The summed E-state index contributed by atoms with van der Waals surface area (Å²) in [6.07, 6.45) is 2.78. The summed E-state index contributed by atoms with van der Waals surface area (Å²) in [4.78, 5) is 0. The highest BCUT2D eigenvalue weighted by Crippen LogP contribution is 2.23. The highest BCUT2D eigenvalue weighted by Gasteiger charge is 2.13. The van der Waals surface area contributed by atoms with Crippen molar-refractivity contribution < 1.29 is 0 Å². The SMILES string of the molecule is Cc1ccc(C(Cc2ccn(C(C)C)n2)NN)cc1Br. The second kappa shape index (κ2) is 6.52. The average Bonchev–Trinajstić information content (AvgIpc) is 2.88. The Morgan fingerprint density at radius 2 is 2.10 bits per heavy atom. The Balaban J connectivity index is 2.17. The molecule has 2 aromatic rings. The Morgan fingerprint density at radius 1 is 1.35 bits per heavy atom. The third-order valence-corrected chi connectivity index (χ3v) is 4.26. The number of aryl methyl sites for hydroxylation is 1. The van der Waals surface area contributed by atoms with Gasteiger partial charge in [-0.3, -0.25) is 16.0 Å². The molecule has 0 aliphatic heterocycles. The molecule has 0 amide bonds. The fraction of sp³-hybridized carbons (Fsp3) is 0.400. The fourth-order valence-corrected chi connectivity index (χ4v) is 2.48. The third kappa shape index (κ3) is 3.48. The van der Waals surface area contributed by atoms with Gasteiger partial charge >= 0.3 is 0 Å². The third-order valence-electron chi connectivity index (χ3n) is 3.41. The molecule has 3 N–H and O–H groups in total. The van der Waals surface area contributed by atoms with E-state index in [9.17, 15) is 0 Å². The molecule has 1 heterocycles. The minimum Gasteiger partial charge on any atom is -0.271 e. The average molecular weight is 337 g/mol. The molecule has 0 spiro atoms. The normalized spacial score (nSPS) is 12.9. The van der Waals surface area contributed by atoms with E-state index >= 15 is 0 Å². The molecule has 0 radical (unpaired) electrons. The zero-order valence-electron chi connectivity index (χ0n) is 12.1. The highest BCUT2D eigenvalue weighted by atomic mass is 79.9. The first kappa shape index (κ1) is 15.2. The maximum absolute atomic E-state index is 5.71. The minimum absolute atomic E-state index is 0.0578. The first-order valence-electron chi connectivity index (χ1n) is 6.77. The zero-order valence-corrected chi connectivity index (χ0v) is 13.7. The number of nitrogens with zero attached hydrogens (tertiary/aromatic N) is 2. The molecule has 0 saturated heterocycles. The standard InChI is InChI=1S/C15H21BrN4/c1-10(2)20-7-6-13(19-20)9-15(18-17)12-5-4-11(3)14(16)8-12/h4-8,10,15,18H,9,17H2,1-3H3. The summed E-state index contributed by atoms with van der Waals surface area (Å²) in [6, 6.07) is 8.79. The van der Waals surface area contributed by atoms with E-state index < -0.39 is 0 Å². The van der Waals surface area contributed by atoms with Gasteiger partial charge in [0, 0.05) is 23.1 Å². The molecule has 0 bridgehead atoms. The van der Waals surface area contributed by atoms with Crippen molar-refractivity contribution in [1.29, 1.82) is 0 Å². The lowest BCUT2D eigenvalue weighted by Crippen LogP contribution is -2.29. The molecule has 0 aliphatic carbocycles. The smallest absolute Gasteiger partial charge is 0.0644 e. The van der Waals surface area contributed by atoms with Crippen molar-refractivity contribution in [2.24, 2.45) is 5.84 Å². The van der Waals surface area contributed by atoms with Crippen LogP contribution in [-0.2, 0) is 6.42 Å². The number of nitrogens with two attached hydrogens (primary N) is 1. The molecule has 0 fully saturated rings. The van der Waals surface area contributed by atoms with Crippen molar-refractivity contribution in [3.05, 3.63) is 51.8 Å². The Bertz CT molecular complexity index is 577. The van der Waals surface area contributed by atoms with Gasteiger partial charge in [0.15, 0.2) is 0 Å². The number of nitrogens with one attached hydrogen (secondary N) is 1. The summed E-state index contributed by atoms with van der Waals surface area (Å²) in [6.45, 7) is 6.31. The maximum Gasteiger partial charge on any atom is 0.0644 e. The summed E-state index contributed by atoms with van der Waals surface area (Å²) in [7, 11) is 0. The van der Waals surface area contributed by atoms with Crippen LogP contribution in [0.4, 0.5) is 0 Å². The number of halogens is 1. The summed E-state index contributed by atoms with van der Waals surface area (Å²) >= 11 is 3.56. The molecule has 4 nitrogen and oxygen atoms in total. The predicted molar refractivity (Wildman–Crippen MR) is 85.3 cm³/mol. The Hall–Kier alpha value is -1.17. The van der Waals surface area contributed by atoms with E-state index in [2.05, 4.69) is 65.4 Å².